The highest BCUT2D eigenvalue weighted by Gasteiger charge is 2.21. The van der Waals surface area contributed by atoms with Crippen molar-refractivity contribution in [3.8, 4) is 0 Å². The van der Waals surface area contributed by atoms with Crippen molar-refractivity contribution in [2.75, 3.05) is 46.3 Å². The molecule has 2 aliphatic rings. The van der Waals surface area contributed by atoms with Crippen LogP contribution in [0.25, 0.3) is 0 Å². The first kappa shape index (κ1) is 25.4. The first-order valence-corrected chi connectivity index (χ1v) is 11.6. The number of nitrogens with one attached hydrogen (secondary N) is 2. The first-order chi connectivity index (χ1) is 14.2. The lowest BCUT2D eigenvalue weighted by atomic mass is 9.93. The Morgan fingerprint density at radius 3 is 2.33 bits per heavy atom. The minimum Gasteiger partial charge on any atom is -0.356 e. The number of nitrogens with zero attached hydrogens (tertiary/aromatic N) is 3. The molecule has 6 heteroatoms. The number of halogens is 1. The molecule has 0 atom stereocenters. The topological polar surface area (TPSA) is 42.9 Å². The second-order valence-corrected chi connectivity index (χ2v) is 8.79. The largest absolute Gasteiger partial charge is 0.356 e. The van der Waals surface area contributed by atoms with Crippen LogP contribution in [0, 0.1) is 12.8 Å². The second kappa shape index (κ2) is 13.5. The van der Waals surface area contributed by atoms with Gasteiger partial charge in [0, 0.05) is 39.3 Å². The Kier molecular flexibility index (Phi) is 11.5. The number of piperidine rings is 2. The molecule has 30 heavy (non-hydrogen) atoms. The summed E-state index contributed by atoms with van der Waals surface area (Å²) in [6.45, 7) is 12.6. The summed E-state index contributed by atoms with van der Waals surface area (Å²) in [6, 6.07) is 9.28. The summed E-state index contributed by atoms with van der Waals surface area (Å²) in [6.07, 6.45) is 6.32. The molecule has 1 aromatic rings. The molecule has 2 fully saturated rings. The molecule has 5 nitrogen and oxygen atoms in total. The highest BCUT2D eigenvalue weighted by atomic mass is 127. The van der Waals surface area contributed by atoms with E-state index in [1.54, 1.807) is 0 Å². The van der Waals surface area contributed by atoms with Gasteiger partial charge in [0.2, 0.25) is 0 Å². The number of guanidine groups is 1. The molecule has 0 spiro atoms. The van der Waals surface area contributed by atoms with Gasteiger partial charge in [0.15, 0.2) is 5.96 Å². The number of likely N-dealkylation sites (tertiary alicyclic amines) is 2. The molecule has 1 aromatic carbocycles. The van der Waals surface area contributed by atoms with Crippen molar-refractivity contribution in [1.29, 1.82) is 0 Å². The summed E-state index contributed by atoms with van der Waals surface area (Å²) < 4.78 is 0. The van der Waals surface area contributed by atoms with Gasteiger partial charge in [-0.15, -0.1) is 24.0 Å². The number of hydrogen-bond donors (Lipinski definition) is 2. The fourth-order valence-corrected chi connectivity index (χ4v) is 4.64. The maximum absolute atomic E-state index is 4.46. The van der Waals surface area contributed by atoms with E-state index in [4.69, 9.17) is 0 Å². The molecule has 2 saturated heterocycles. The third-order valence-electron chi connectivity index (χ3n) is 6.81. The van der Waals surface area contributed by atoms with E-state index in [9.17, 15) is 0 Å². The van der Waals surface area contributed by atoms with Crippen LogP contribution < -0.4 is 10.6 Å². The Morgan fingerprint density at radius 2 is 1.70 bits per heavy atom. The molecule has 2 aliphatic heterocycles. The molecular formula is C24H42IN5. The average Bonchev–Trinajstić information content (AvgIpc) is 2.76. The maximum atomic E-state index is 4.46. The second-order valence-electron chi connectivity index (χ2n) is 8.79. The van der Waals surface area contributed by atoms with Crippen LogP contribution in [0.3, 0.4) is 0 Å². The summed E-state index contributed by atoms with van der Waals surface area (Å²) >= 11 is 0. The fourth-order valence-electron chi connectivity index (χ4n) is 4.64. The van der Waals surface area contributed by atoms with Crippen molar-refractivity contribution in [2.45, 2.75) is 58.5 Å². The van der Waals surface area contributed by atoms with Crippen molar-refractivity contribution in [1.82, 2.24) is 20.4 Å². The van der Waals surface area contributed by atoms with Crippen LogP contribution >= 0.6 is 24.0 Å². The zero-order chi connectivity index (χ0) is 20.5. The van der Waals surface area contributed by atoms with Gasteiger partial charge in [-0.2, -0.15) is 0 Å². The van der Waals surface area contributed by atoms with Gasteiger partial charge >= 0.3 is 0 Å². The van der Waals surface area contributed by atoms with E-state index in [2.05, 4.69) is 63.5 Å². The number of rotatable bonds is 7. The monoisotopic (exact) mass is 527 g/mol. The van der Waals surface area contributed by atoms with Crippen LogP contribution in [0.1, 0.15) is 50.2 Å². The van der Waals surface area contributed by atoms with Crippen LogP contribution in [0.4, 0.5) is 0 Å². The molecule has 2 N–H and O–H groups in total. The maximum Gasteiger partial charge on any atom is 0.191 e. The van der Waals surface area contributed by atoms with E-state index >= 15 is 0 Å². The normalized spacial score (nSPS) is 20.0. The Bertz CT molecular complexity index is 634. The lowest BCUT2D eigenvalue weighted by Crippen LogP contribution is -2.48. The Balaban J connectivity index is 0.00000320. The van der Waals surface area contributed by atoms with Gasteiger partial charge in [0.05, 0.1) is 0 Å². The van der Waals surface area contributed by atoms with E-state index < -0.39 is 0 Å². The molecule has 0 bridgehead atoms. The highest BCUT2D eigenvalue weighted by molar-refractivity contribution is 14.0. The van der Waals surface area contributed by atoms with Gasteiger partial charge in [-0.25, -0.2) is 0 Å². The molecule has 0 aromatic heterocycles. The van der Waals surface area contributed by atoms with E-state index in [1.165, 1.54) is 62.9 Å². The van der Waals surface area contributed by atoms with Gasteiger partial charge in [0.1, 0.15) is 0 Å². The third kappa shape index (κ3) is 8.00. The SMILES string of the molecule is CCN1CCC(CCNC(=NC)NC2CCN(Cc3ccccc3C)CC2)CC1.I. The highest BCUT2D eigenvalue weighted by Crippen LogP contribution is 2.19. The fraction of sp³-hybridized carbons (Fsp3) is 0.708. The van der Waals surface area contributed by atoms with Crippen LogP contribution in [-0.2, 0) is 6.54 Å². The van der Waals surface area contributed by atoms with E-state index in [0.29, 0.717) is 6.04 Å². The van der Waals surface area contributed by atoms with Crippen LogP contribution in [-0.4, -0.2) is 68.1 Å². The zero-order valence-electron chi connectivity index (χ0n) is 19.2. The van der Waals surface area contributed by atoms with Gasteiger partial charge in [-0.1, -0.05) is 31.2 Å². The first-order valence-electron chi connectivity index (χ1n) is 11.6. The van der Waals surface area contributed by atoms with E-state index in [-0.39, 0.29) is 24.0 Å². The van der Waals surface area contributed by atoms with Gasteiger partial charge < -0.3 is 15.5 Å². The Hall–Kier alpha value is -0.860. The summed E-state index contributed by atoms with van der Waals surface area (Å²) in [5.41, 5.74) is 2.86. The Labute approximate surface area is 201 Å². The summed E-state index contributed by atoms with van der Waals surface area (Å²) in [4.78, 5) is 9.61. The van der Waals surface area contributed by atoms with Gasteiger partial charge in [-0.05, 0) is 75.7 Å². The smallest absolute Gasteiger partial charge is 0.191 e. The molecule has 0 saturated carbocycles. The van der Waals surface area contributed by atoms with Crippen LogP contribution in [0.15, 0.2) is 29.3 Å². The average molecular weight is 528 g/mol. The van der Waals surface area contributed by atoms with Gasteiger partial charge in [0.25, 0.3) is 0 Å². The summed E-state index contributed by atoms with van der Waals surface area (Å²) in [5, 5.41) is 7.22. The number of hydrogen-bond acceptors (Lipinski definition) is 3. The zero-order valence-corrected chi connectivity index (χ0v) is 21.5. The summed E-state index contributed by atoms with van der Waals surface area (Å²) in [5.74, 6) is 1.85. The lowest BCUT2D eigenvalue weighted by Gasteiger charge is -2.33. The van der Waals surface area contributed by atoms with Crippen molar-refractivity contribution in [3.05, 3.63) is 35.4 Å². The van der Waals surface area contributed by atoms with Crippen molar-refractivity contribution in [3.63, 3.8) is 0 Å². The van der Waals surface area contributed by atoms with Crippen molar-refractivity contribution < 1.29 is 0 Å². The molecule has 3 rings (SSSR count). The van der Waals surface area contributed by atoms with Crippen LogP contribution in [0.2, 0.25) is 0 Å². The number of aryl methyl sites for hydroxylation is 1. The molecule has 0 aliphatic carbocycles. The van der Waals surface area contributed by atoms with Crippen LogP contribution in [0.5, 0.6) is 0 Å². The minimum atomic E-state index is 0. The summed E-state index contributed by atoms with van der Waals surface area (Å²) in [7, 11) is 1.89. The third-order valence-corrected chi connectivity index (χ3v) is 6.81. The number of aliphatic imine (C=N–C) groups is 1. The van der Waals surface area contributed by atoms with Crippen molar-refractivity contribution in [2.24, 2.45) is 10.9 Å². The van der Waals surface area contributed by atoms with Gasteiger partial charge in [-0.3, -0.25) is 9.89 Å². The molecular weight excluding hydrogens is 485 g/mol. The Morgan fingerprint density at radius 1 is 1.03 bits per heavy atom. The molecule has 170 valence electrons. The number of benzene rings is 1. The predicted molar refractivity (Wildman–Crippen MR) is 139 cm³/mol. The predicted octanol–water partition coefficient (Wildman–Crippen LogP) is 3.86. The quantitative estimate of drug-likeness (QED) is 0.321. The van der Waals surface area contributed by atoms with Crippen molar-refractivity contribution >= 4 is 29.9 Å². The molecule has 0 unspecified atom stereocenters. The molecule has 0 amide bonds. The molecule has 2 heterocycles. The lowest BCUT2D eigenvalue weighted by molar-refractivity contribution is 0.187. The standard InChI is InChI=1S/C24H41N5.HI/c1-4-28-15-10-21(11-16-28)9-14-26-24(25-3)27-23-12-17-29(18-13-23)19-22-8-6-5-7-20(22)2;/h5-8,21,23H,4,9-19H2,1-3H3,(H2,25,26,27);1H. The van der Waals surface area contributed by atoms with E-state index in [0.717, 1.165) is 38.1 Å². The minimum absolute atomic E-state index is 0. The molecule has 0 radical (unpaired) electrons. The van der Waals surface area contributed by atoms with E-state index in [1.807, 2.05) is 7.05 Å².